The van der Waals surface area contributed by atoms with Crippen molar-refractivity contribution in [2.24, 2.45) is 0 Å². The van der Waals surface area contributed by atoms with Crippen LogP contribution in [0.2, 0.25) is 0 Å². The average molecular weight is 341 g/mol. The van der Waals surface area contributed by atoms with Crippen molar-refractivity contribution in [1.29, 1.82) is 0 Å². The largest absolute Gasteiger partial charge is 2.00 e. The quantitative estimate of drug-likeness (QED) is 0.569. The van der Waals surface area contributed by atoms with Gasteiger partial charge >= 0.3 is 29.1 Å². The van der Waals surface area contributed by atoms with E-state index in [1.54, 1.807) is 6.07 Å². The molecule has 2 aromatic rings. The number of hydrogen-bond donors (Lipinski definition) is 0. The minimum Gasteiger partial charge on any atom is -0.658 e. The molecule has 1 heterocycles. The van der Waals surface area contributed by atoms with E-state index in [0.29, 0.717) is 12.1 Å². The van der Waals surface area contributed by atoms with E-state index in [1.165, 1.54) is 4.57 Å². The number of rotatable bonds is 2. The second-order valence-corrected chi connectivity index (χ2v) is 6.98. The van der Waals surface area contributed by atoms with E-state index >= 15 is 0 Å². The number of fused-ring (bicyclic) bond motifs is 1. The van der Waals surface area contributed by atoms with E-state index in [2.05, 4.69) is 39.2 Å². The number of benzene rings is 1. The summed E-state index contributed by atoms with van der Waals surface area (Å²) in [6.07, 6.45) is 2.48. The molecule has 2 rings (SSSR count). The van der Waals surface area contributed by atoms with Gasteiger partial charge in [-0.3, -0.25) is 4.79 Å². The van der Waals surface area contributed by atoms with Crippen LogP contribution in [0.15, 0.2) is 30.3 Å². The van der Waals surface area contributed by atoms with Gasteiger partial charge in [0.05, 0.1) is 5.60 Å². The Bertz CT molecular complexity index is 622. The van der Waals surface area contributed by atoms with Crippen LogP contribution in [0.5, 0.6) is 0 Å². The van der Waals surface area contributed by atoms with Crippen molar-refractivity contribution in [3.8, 4) is 0 Å². The molecule has 0 spiro atoms. The molecule has 0 aliphatic rings. The third-order valence-corrected chi connectivity index (χ3v) is 2.70. The zero-order valence-corrected chi connectivity index (χ0v) is 17.4. The molecule has 0 amide bonds. The van der Waals surface area contributed by atoms with Crippen LogP contribution in [0.4, 0.5) is 4.79 Å². The first-order chi connectivity index (χ1) is 10.6. The molecule has 0 aliphatic heterocycles. The van der Waals surface area contributed by atoms with Gasteiger partial charge in [0.2, 0.25) is 0 Å². The second-order valence-electron chi connectivity index (χ2n) is 6.98. The fourth-order valence-corrected chi connectivity index (χ4v) is 2.07. The van der Waals surface area contributed by atoms with Crippen LogP contribution in [0.3, 0.4) is 0 Å². The van der Waals surface area contributed by atoms with E-state index in [4.69, 9.17) is 4.74 Å². The third-order valence-electron chi connectivity index (χ3n) is 2.70. The SMILES string of the molecule is CC(C)(C)OC(=O)n1[c-]cc2ccccc21.CC(C)[N-]C(C)C.[Mg+2]. The molecule has 0 bridgehead atoms. The van der Waals surface area contributed by atoms with Crippen LogP contribution in [-0.2, 0) is 4.74 Å². The molecule has 0 fully saturated rings. The van der Waals surface area contributed by atoms with Crippen molar-refractivity contribution in [2.45, 2.75) is 66.2 Å². The maximum absolute atomic E-state index is 11.8. The van der Waals surface area contributed by atoms with Crippen LogP contribution in [0, 0.1) is 6.20 Å². The normalized spacial score (nSPS) is 11.0. The Morgan fingerprint density at radius 2 is 1.67 bits per heavy atom. The first-order valence-corrected chi connectivity index (χ1v) is 8.01. The third kappa shape index (κ3) is 8.17. The molecule has 4 nitrogen and oxygen atoms in total. The summed E-state index contributed by atoms with van der Waals surface area (Å²) in [5, 5.41) is 5.26. The van der Waals surface area contributed by atoms with Crippen molar-refractivity contribution in [1.82, 2.24) is 4.57 Å². The van der Waals surface area contributed by atoms with E-state index in [0.717, 1.165) is 10.9 Å². The summed E-state index contributed by atoms with van der Waals surface area (Å²) < 4.78 is 6.69. The number of carbonyl (C=O) groups is 1. The molecule has 0 atom stereocenters. The van der Waals surface area contributed by atoms with E-state index < -0.39 is 11.7 Å². The molecular weight excluding hydrogens is 313 g/mol. The van der Waals surface area contributed by atoms with Gasteiger partial charge in [-0.2, -0.15) is 0 Å². The van der Waals surface area contributed by atoms with Gasteiger partial charge in [-0.1, -0.05) is 57.6 Å². The van der Waals surface area contributed by atoms with E-state index in [1.807, 2.05) is 45.0 Å². The Kier molecular flexibility index (Phi) is 9.62. The van der Waals surface area contributed by atoms with Gasteiger partial charge in [0, 0.05) is 0 Å². The fraction of sp³-hybridized carbons (Fsp3) is 0.526. The minimum atomic E-state index is -0.490. The topological polar surface area (TPSA) is 45.3 Å². The number of carbonyl (C=O) groups excluding carboxylic acids is 1. The smallest absolute Gasteiger partial charge is 0.658 e. The Hall–Kier alpha value is -1.04. The van der Waals surface area contributed by atoms with Gasteiger partial charge in [-0.05, 0) is 20.8 Å². The van der Waals surface area contributed by atoms with Crippen LogP contribution >= 0.6 is 0 Å². The summed E-state index contributed by atoms with van der Waals surface area (Å²) in [5.74, 6) is 0. The molecule has 0 N–H and O–H groups in total. The van der Waals surface area contributed by atoms with E-state index in [-0.39, 0.29) is 23.1 Å². The minimum absolute atomic E-state index is 0. The van der Waals surface area contributed by atoms with Crippen molar-refractivity contribution >= 4 is 40.0 Å². The van der Waals surface area contributed by atoms with Crippen molar-refractivity contribution in [3.05, 3.63) is 41.8 Å². The predicted molar refractivity (Wildman–Crippen MR) is 102 cm³/mol. The first kappa shape index (κ1) is 23.0. The van der Waals surface area contributed by atoms with Crippen LogP contribution < -0.4 is 0 Å². The number of nitrogens with zero attached hydrogens (tertiary/aromatic N) is 2. The van der Waals surface area contributed by atoms with Gasteiger partial charge in [-0.25, -0.2) is 0 Å². The fourth-order valence-electron chi connectivity index (χ4n) is 2.07. The molecular formula is C19H28MgN2O2. The number of aromatic nitrogens is 1. The van der Waals surface area contributed by atoms with Crippen molar-refractivity contribution in [3.63, 3.8) is 0 Å². The molecule has 5 heteroatoms. The Balaban J connectivity index is 0.000000570. The summed E-state index contributed by atoms with van der Waals surface area (Å²) in [6, 6.07) is 10.4. The van der Waals surface area contributed by atoms with Gasteiger partial charge in [0.1, 0.15) is 0 Å². The van der Waals surface area contributed by atoms with Gasteiger partial charge < -0.3 is 14.6 Å². The standard InChI is InChI=1S/C13H14NO2.C6H14N.Mg/c1-13(2,3)16-12(15)14-9-8-10-6-4-5-7-11(10)14;1-5(2)7-6(3)4;/h4-8H,1-3H3;5-6H,1-4H3;/q2*-1;+2. The molecule has 0 radical (unpaired) electrons. The molecule has 0 unspecified atom stereocenters. The molecule has 1 aromatic carbocycles. The number of hydrogen-bond acceptors (Lipinski definition) is 2. The van der Waals surface area contributed by atoms with E-state index in [9.17, 15) is 4.79 Å². The molecule has 128 valence electrons. The summed E-state index contributed by atoms with van der Waals surface area (Å²) in [5.41, 5.74) is 0.327. The Labute approximate surface area is 162 Å². The molecule has 24 heavy (non-hydrogen) atoms. The summed E-state index contributed by atoms with van der Waals surface area (Å²) in [6.45, 7) is 13.9. The van der Waals surface area contributed by atoms with Crippen LogP contribution in [0.25, 0.3) is 16.2 Å². The summed E-state index contributed by atoms with van der Waals surface area (Å²) in [7, 11) is 0. The zero-order valence-electron chi connectivity index (χ0n) is 16.0. The van der Waals surface area contributed by atoms with Crippen molar-refractivity contribution in [2.75, 3.05) is 0 Å². The summed E-state index contributed by atoms with van der Waals surface area (Å²) >= 11 is 0. The number of ether oxygens (including phenoxy) is 1. The zero-order chi connectivity index (χ0) is 17.6. The van der Waals surface area contributed by atoms with Crippen LogP contribution in [0.1, 0.15) is 48.5 Å². The molecule has 0 aliphatic carbocycles. The van der Waals surface area contributed by atoms with Gasteiger partial charge in [0.15, 0.2) is 0 Å². The summed E-state index contributed by atoms with van der Waals surface area (Å²) in [4.78, 5) is 11.8. The molecule has 0 saturated carbocycles. The van der Waals surface area contributed by atoms with Crippen LogP contribution in [-0.4, -0.2) is 51.4 Å². The second kappa shape index (κ2) is 10.1. The average Bonchev–Trinajstić information content (AvgIpc) is 2.79. The van der Waals surface area contributed by atoms with Crippen molar-refractivity contribution < 1.29 is 9.53 Å². The molecule has 0 saturated heterocycles. The van der Waals surface area contributed by atoms with Gasteiger partial charge in [-0.15, -0.1) is 29.6 Å². The maximum atomic E-state index is 11.8. The Morgan fingerprint density at radius 3 is 2.12 bits per heavy atom. The maximum Gasteiger partial charge on any atom is 2.00 e. The Morgan fingerprint density at radius 1 is 1.12 bits per heavy atom. The van der Waals surface area contributed by atoms with Gasteiger partial charge in [0.25, 0.3) is 0 Å². The molecule has 1 aromatic heterocycles. The first-order valence-electron chi connectivity index (χ1n) is 8.01. The number of para-hydroxylation sites is 1. The predicted octanol–water partition coefficient (Wildman–Crippen LogP) is 5.02. The monoisotopic (exact) mass is 340 g/mol.